The summed E-state index contributed by atoms with van der Waals surface area (Å²) in [6.07, 6.45) is 1.52. The van der Waals surface area contributed by atoms with Crippen molar-refractivity contribution < 1.29 is 22.7 Å². The fourth-order valence-corrected chi connectivity index (χ4v) is 6.09. The van der Waals surface area contributed by atoms with Crippen LogP contribution < -0.4 is 4.74 Å². The molecule has 1 atom stereocenters. The predicted molar refractivity (Wildman–Crippen MR) is 133 cm³/mol. The maximum absolute atomic E-state index is 13.2. The van der Waals surface area contributed by atoms with E-state index in [9.17, 15) is 18.0 Å². The minimum atomic E-state index is -3.63. The zero-order valence-corrected chi connectivity index (χ0v) is 21.2. The van der Waals surface area contributed by atoms with Gasteiger partial charge in [0.2, 0.25) is 15.9 Å². The highest BCUT2D eigenvalue weighted by Gasteiger charge is 2.35. The summed E-state index contributed by atoms with van der Waals surface area (Å²) in [5.41, 5.74) is 1.73. The molecule has 2 fully saturated rings. The van der Waals surface area contributed by atoms with Crippen molar-refractivity contribution in [1.82, 2.24) is 14.1 Å². The van der Waals surface area contributed by atoms with Crippen LogP contribution in [0.4, 0.5) is 0 Å². The summed E-state index contributed by atoms with van der Waals surface area (Å²) in [7, 11) is -3.63. The van der Waals surface area contributed by atoms with Crippen molar-refractivity contribution in [2.45, 2.75) is 31.6 Å². The van der Waals surface area contributed by atoms with E-state index in [0.717, 1.165) is 18.4 Å². The summed E-state index contributed by atoms with van der Waals surface area (Å²) in [6.45, 7) is 6.60. The van der Waals surface area contributed by atoms with Crippen LogP contribution in [-0.4, -0.2) is 80.2 Å². The van der Waals surface area contributed by atoms with Crippen LogP contribution in [0.3, 0.4) is 0 Å². The SMILES string of the molecule is CCOc1ccc(S(=O)(=O)N2CCN(C(=O)C3CCCN(C(=O)c4ccc(C)cc4)C3)CC2)cc1. The fourth-order valence-electron chi connectivity index (χ4n) is 4.67. The first-order valence-electron chi connectivity index (χ1n) is 12.2. The van der Waals surface area contributed by atoms with Crippen LogP contribution in [0.15, 0.2) is 53.4 Å². The van der Waals surface area contributed by atoms with E-state index in [-0.39, 0.29) is 35.7 Å². The number of benzene rings is 2. The molecule has 0 saturated carbocycles. The van der Waals surface area contributed by atoms with Crippen molar-refractivity contribution in [3.8, 4) is 5.75 Å². The molecule has 2 aromatic carbocycles. The van der Waals surface area contributed by atoms with Gasteiger partial charge in [-0.3, -0.25) is 9.59 Å². The molecule has 2 aliphatic heterocycles. The number of hydrogen-bond acceptors (Lipinski definition) is 5. The zero-order chi connectivity index (χ0) is 25.0. The molecular formula is C26H33N3O5S. The highest BCUT2D eigenvalue weighted by molar-refractivity contribution is 7.89. The third-order valence-electron chi connectivity index (χ3n) is 6.68. The number of piperidine rings is 1. The highest BCUT2D eigenvalue weighted by Crippen LogP contribution is 2.24. The molecule has 4 rings (SSSR count). The first-order chi connectivity index (χ1) is 16.8. The highest BCUT2D eigenvalue weighted by atomic mass is 32.2. The van der Waals surface area contributed by atoms with Crippen molar-refractivity contribution >= 4 is 21.8 Å². The largest absolute Gasteiger partial charge is 0.494 e. The van der Waals surface area contributed by atoms with Crippen LogP contribution in [0.1, 0.15) is 35.7 Å². The number of rotatable bonds is 6. The van der Waals surface area contributed by atoms with Gasteiger partial charge in [0.25, 0.3) is 5.91 Å². The molecule has 2 heterocycles. The second-order valence-corrected chi connectivity index (χ2v) is 11.0. The van der Waals surface area contributed by atoms with Crippen LogP contribution in [0.2, 0.25) is 0 Å². The summed E-state index contributed by atoms with van der Waals surface area (Å²) in [5.74, 6) is 0.329. The van der Waals surface area contributed by atoms with Crippen molar-refractivity contribution in [3.63, 3.8) is 0 Å². The lowest BCUT2D eigenvalue weighted by Crippen LogP contribution is -2.54. The van der Waals surface area contributed by atoms with Crippen LogP contribution >= 0.6 is 0 Å². The van der Waals surface area contributed by atoms with Gasteiger partial charge in [0.15, 0.2) is 0 Å². The normalized spacial score (nSPS) is 19.4. The smallest absolute Gasteiger partial charge is 0.253 e. The van der Waals surface area contributed by atoms with Gasteiger partial charge in [-0.15, -0.1) is 0 Å². The summed E-state index contributed by atoms with van der Waals surface area (Å²) >= 11 is 0. The molecule has 2 aromatic rings. The number of ether oxygens (including phenoxy) is 1. The number of hydrogen-bond donors (Lipinski definition) is 0. The predicted octanol–water partition coefficient (Wildman–Crippen LogP) is 2.78. The average molecular weight is 500 g/mol. The Kier molecular flexibility index (Phi) is 7.76. The monoisotopic (exact) mass is 499 g/mol. The van der Waals surface area contributed by atoms with E-state index >= 15 is 0 Å². The quantitative estimate of drug-likeness (QED) is 0.610. The Labute approximate surface area is 207 Å². The van der Waals surface area contributed by atoms with Crippen LogP contribution in [0, 0.1) is 12.8 Å². The molecule has 0 spiro atoms. The first kappa shape index (κ1) is 25.2. The number of carbonyl (C=O) groups is 2. The second-order valence-electron chi connectivity index (χ2n) is 9.09. The van der Waals surface area contributed by atoms with Gasteiger partial charge >= 0.3 is 0 Å². The maximum Gasteiger partial charge on any atom is 0.253 e. The Bertz CT molecular complexity index is 1140. The molecule has 0 bridgehead atoms. The van der Waals surface area contributed by atoms with Crippen LogP contribution in [0.25, 0.3) is 0 Å². The molecule has 9 heteroatoms. The molecule has 35 heavy (non-hydrogen) atoms. The molecule has 0 aromatic heterocycles. The molecule has 0 aliphatic carbocycles. The molecule has 1 unspecified atom stereocenters. The number of aryl methyl sites for hydroxylation is 1. The molecule has 8 nitrogen and oxygen atoms in total. The minimum Gasteiger partial charge on any atom is -0.494 e. The van der Waals surface area contributed by atoms with E-state index in [1.165, 1.54) is 4.31 Å². The van der Waals surface area contributed by atoms with Gasteiger partial charge in [0, 0.05) is 44.8 Å². The maximum atomic E-state index is 13.2. The number of piperazine rings is 1. The Morgan fingerprint density at radius 2 is 1.57 bits per heavy atom. The van der Waals surface area contributed by atoms with Gasteiger partial charge in [0.1, 0.15) is 5.75 Å². The van der Waals surface area contributed by atoms with E-state index in [4.69, 9.17) is 4.74 Å². The van der Waals surface area contributed by atoms with Crippen molar-refractivity contribution in [3.05, 3.63) is 59.7 Å². The summed E-state index contributed by atoms with van der Waals surface area (Å²) < 4.78 is 32.9. The molecule has 0 N–H and O–H groups in total. The molecule has 2 saturated heterocycles. The number of amides is 2. The van der Waals surface area contributed by atoms with Gasteiger partial charge in [-0.2, -0.15) is 4.31 Å². The van der Waals surface area contributed by atoms with Crippen LogP contribution in [0.5, 0.6) is 5.75 Å². The number of likely N-dealkylation sites (tertiary alicyclic amines) is 1. The number of carbonyl (C=O) groups excluding carboxylic acids is 2. The zero-order valence-electron chi connectivity index (χ0n) is 20.4. The fraction of sp³-hybridized carbons (Fsp3) is 0.462. The topological polar surface area (TPSA) is 87.2 Å². The Morgan fingerprint density at radius 1 is 0.914 bits per heavy atom. The van der Waals surface area contributed by atoms with Crippen molar-refractivity contribution in [1.29, 1.82) is 0 Å². The number of sulfonamides is 1. The third-order valence-corrected chi connectivity index (χ3v) is 8.59. The lowest BCUT2D eigenvalue weighted by molar-refractivity contribution is -0.138. The average Bonchev–Trinajstić information content (AvgIpc) is 2.89. The van der Waals surface area contributed by atoms with Crippen LogP contribution in [-0.2, 0) is 14.8 Å². The molecule has 2 amide bonds. The molecule has 2 aliphatic rings. The van der Waals surface area contributed by atoms with E-state index < -0.39 is 10.0 Å². The van der Waals surface area contributed by atoms with E-state index in [1.807, 2.05) is 38.1 Å². The van der Waals surface area contributed by atoms with Gasteiger partial charge in [0.05, 0.1) is 17.4 Å². The molecular weight excluding hydrogens is 466 g/mol. The third kappa shape index (κ3) is 5.67. The van der Waals surface area contributed by atoms with E-state index in [2.05, 4.69) is 0 Å². The Morgan fingerprint density at radius 3 is 2.20 bits per heavy atom. The van der Waals surface area contributed by atoms with Gasteiger partial charge in [-0.1, -0.05) is 17.7 Å². The Hall–Kier alpha value is -2.91. The Balaban J connectivity index is 1.34. The van der Waals surface area contributed by atoms with E-state index in [0.29, 0.717) is 44.1 Å². The summed E-state index contributed by atoms with van der Waals surface area (Å²) in [4.78, 5) is 29.9. The number of nitrogens with zero attached hydrogens (tertiary/aromatic N) is 3. The second kappa shape index (κ2) is 10.8. The standard InChI is InChI=1S/C26H33N3O5S/c1-3-34-23-10-12-24(13-11-23)35(32,33)29-17-15-27(16-18-29)26(31)22-5-4-14-28(19-22)25(30)21-8-6-20(2)7-9-21/h6-13,22H,3-5,14-19H2,1-2H3. The van der Waals surface area contributed by atoms with Gasteiger partial charge in [-0.05, 0) is 63.1 Å². The van der Waals surface area contributed by atoms with Crippen molar-refractivity contribution in [2.24, 2.45) is 5.92 Å². The summed E-state index contributed by atoms with van der Waals surface area (Å²) in [6, 6.07) is 13.9. The van der Waals surface area contributed by atoms with Gasteiger partial charge in [-0.25, -0.2) is 8.42 Å². The molecule has 0 radical (unpaired) electrons. The lowest BCUT2D eigenvalue weighted by atomic mass is 9.95. The van der Waals surface area contributed by atoms with Gasteiger partial charge < -0.3 is 14.5 Å². The molecule has 188 valence electrons. The lowest BCUT2D eigenvalue weighted by Gasteiger charge is -2.38. The first-order valence-corrected chi connectivity index (χ1v) is 13.6. The minimum absolute atomic E-state index is 0.00419. The van der Waals surface area contributed by atoms with Crippen molar-refractivity contribution in [2.75, 3.05) is 45.9 Å². The van der Waals surface area contributed by atoms with E-state index in [1.54, 1.807) is 34.1 Å². The summed E-state index contributed by atoms with van der Waals surface area (Å²) in [5, 5.41) is 0.